The second kappa shape index (κ2) is 8.35. The number of rotatable bonds is 6. The summed E-state index contributed by atoms with van der Waals surface area (Å²) in [6, 6.07) is 17.2. The number of hydrogen-bond donors (Lipinski definition) is 1. The zero-order chi connectivity index (χ0) is 20.1. The number of aryl methyl sites for hydroxylation is 1. The lowest BCUT2D eigenvalue weighted by atomic mass is 10.1. The van der Waals surface area contributed by atoms with Crippen LogP contribution < -0.4 is 15.7 Å². The Kier molecular flexibility index (Phi) is 5.69. The van der Waals surface area contributed by atoms with E-state index in [1.807, 2.05) is 31.2 Å². The third kappa shape index (κ3) is 4.54. The van der Waals surface area contributed by atoms with Crippen molar-refractivity contribution in [2.24, 2.45) is 0 Å². The Morgan fingerprint density at radius 1 is 1.04 bits per heavy atom. The molecule has 0 aliphatic carbocycles. The zero-order valence-corrected chi connectivity index (χ0v) is 15.6. The topological polar surface area (TPSA) is 77.4 Å². The number of Topliss-reactive ketones (excluding diaryl/α,β-unsaturated/α-hetero) is 1. The highest BCUT2D eigenvalue weighted by Gasteiger charge is 2.13. The lowest BCUT2D eigenvalue weighted by molar-refractivity contribution is 0.0863. The minimum Gasteiger partial charge on any atom is -0.406 e. The summed E-state index contributed by atoms with van der Waals surface area (Å²) in [4.78, 5) is 41.9. The van der Waals surface area contributed by atoms with Gasteiger partial charge in [-0.1, -0.05) is 29.8 Å². The van der Waals surface area contributed by atoms with Gasteiger partial charge in [-0.15, -0.1) is 0 Å². The summed E-state index contributed by atoms with van der Waals surface area (Å²) in [5.74, 6) is -0.608. The van der Waals surface area contributed by atoms with Crippen molar-refractivity contribution in [2.45, 2.75) is 20.5 Å². The van der Waals surface area contributed by atoms with Gasteiger partial charge >= 0.3 is 0 Å². The molecule has 0 unspecified atom stereocenters. The van der Waals surface area contributed by atoms with E-state index in [1.54, 1.807) is 30.3 Å². The van der Waals surface area contributed by atoms with Gasteiger partial charge in [-0.3, -0.25) is 14.4 Å². The molecule has 6 nitrogen and oxygen atoms in total. The highest BCUT2D eigenvalue weighted by atomic mass is 16.7. The molecule has 1 aromatic heterocycles. The molecular formula is C22H20N2O4. The lowest BCUT2D eigenvalue weighted by Crippen LogP contribution is -2.32. The number of carbonyl (C=O) groups is 2. The van der Waals surface area contributed by atoms with Crippen LogP contribution in [0.5, 0.6) is 0 Å². The first-order valence-corrected chi connectivity index (χ1v) is 8.77. The maximum atomic E-state index is 12.6. The molecule has 3 rings (SSSR count). The largest absolute Gasteiger partial charge is 0.406 e. The van der Waals surface area contributed by atoms with Gasteiger partial charge in [0.05, 0.1) is 0 Å². The zero-order valence-electron chi connectivity index (χ0n) is 15.6. The average Bonchev–Trinajstić information content (AvgIpc) is 2.67. The van der Waals surface area contributed by atoms with Crippen LogP contribution in [0.15, 0.2) is 71.7 Å². The van der Waals surface area contributed by atoms with Crippen LogP contribution in [0.2, 0.25) is 0 Å². The first-order chi connectivity index (χ1) is 13.4. The van der Waals surface area contributed by atoms with Crippen molar-refractivity contribution in [3.63, 3.8) is 0 Å². The van der Waals surface area contributed by atoms with Crippen LogP contribution in [0.3, 0.4) is 0 Å². The molecular weight excluding hydrogens is 356 g/mol. The van der Waals surface area contributed by atoms with Gasteiger partial charge in [-0.2, -0.15) is 4.73 Å². The fraction of sp³-hybridized carbons (Fsp3) is 0.136. The smallest absolute Gasteiger partial charge is 0.295 e. The van der Waals surface area contributed by atoms with E-state index in [9.17, 15) is 14.4 Å². The molecule has 0 radical (unpaired) electrons. The first-order valence-electron chi connectivity index (χ1n) is 8.77. The maximum Gasteiger partial charge on any atom is 0.295 e. The highest BCUT2D eigenvalue weighted by Crippen LogP contribution is 2.11. The Hall–Kier alpha value is -3.67. The van der Waals surface area contributed by atoms with Crippen LogP contribution in [0.4, 0.5) is 5.69 Å². The van der Waals surface area contributed by atoms with Crippen LogP contribution in [-0.4, -0.2) is 16.4 Å². The van der Waals surface area contributed by atoms with E-state index < -0.39 is 11.5 Å². The van der Waals surface area contributed by atoms with E-state index in [-0.39, 0.29) is 18.0 Å². The van der Waals surface area contributed by atoms with Crippen molar-refractivity contribution >= 4 is 17.4 Å². The van der Waals surface area contributed by atoms with Crippen LogP contribution in [0, 0.1) is 6.92 Å². The minimum atomic E-state index is -0.548. The summed E-state index contributed by atoms with van der Waals surface area (Å²) in [5.41, 5.74) is 2.47. The number of hydrogen-bond acceptors (Lipinski definition) is 4. The fourth-order valence-electron chi connectivity index (χ4n) is 2.68. The number of carbonyl (C=O) groups excluding carboxylic acids is 2. The molecule has 2 aromatic carbocycles. The van der Waals surface area contributed by atoms with E-state index in [1.165, 1.54) is 19.2 Å². The van der Waals surface area contributed by atoms with E-state index in [4.69, 9.17) is 4.84 Å². The SMILES string of the molecule is CC(=O)c1ccc(NC(=O)c2cccn(OCc3cccc(C)c3)c2=O)cc1. The number of benzene rings is 2. The molecule has 6 heteroatoms. The van der Waals surface area contributed by atoms with Gasteiger partial charge in [0.2, 0.25) is 0 Å². The molecule has 0 saturated carbocycles. The third-order valence-electron chi connectivity index (χ3n) is 4.16. The van der Waals surface area contributed by atoms with Crippen LogP contribution in [0.1, 0.15) is 38.8 Å². The quantitative estimate of drug-likeness (QED) is 0.670. The first kappa shape index (κ1) is 19.1. The van der Waals surface area contributed by atoms with Gasteiger partial charge in [0.1, 0.15) is 12.2 Å². The van der Waals surface area contributed by atoms with Gasteiger partial charge in [0.25, 0.3) is 11.5 Å². The molecule has 0 atom stereocenters. The third-order valence-corrected chi connectivity index (χ3v) is 4.16. The molecule has 3 aromatic rings. The van der Waals surface area contributed by atoms with Crippen molar-refractivity contribution in [3.8, 4) is 0 Å². The predicted molar refractivity (Wildman–Crippen MR) is 107 cm³/mol. The fourth-order valence-corrected chi connectivity index (χ4v) is 2.68. The maximum absolute atomic E-state index is 12.6. The molecule has 142 valence electrons. The number of nitrogens with zero attached hydrogens (tertiary/aromatic N) is 1. The van der Waals surface area contributed by atoms with E-state index in [2.05, 4.69) is 5.32 Å². The standard InChI is InChI=1S/C22H20N2O4/c1-15-5-3-6-17(13-15)14-28-24-12-4-7-20(22(24)27)21(26)23-19-10-8-18(9-11-19)16(2)25/h3-13H,14H2,1-2H3,(H,23,26). The number of ketones is 1. The second-order valence-corrected chi connectivity index (χ2v) is 6.40. The van der Waals surface area contributed by atoms with Gasteiger partial charge in [0.15, 0.2) is 5.78 Å². The van der Waals surface area contributed by atoms with Gasteiger partial charge in [0, 0.05) is 17.4 Å². The van der Waals surface area contributed by atoms with Gasteiger partial charge in [-0.05, 0) is 55.8 Å². The molecule has 0 aliphatic rings. The number of aromatic nitrogens is 1. The van der Waals surface area contributed by atoms with Crippen molar-refractivity contribution in [1.82, 2.24) is 4.73 Å². The lowest BCUT2D eigenvalue weighted by Gasteiger charge is -2.11. The summed E-state index contributed by atoms with van der Waals surface area (Å²) in [6.45, 7) is 3.65. The Bertz CT molecular complexity index is 1070. The molecule has 1 amide bonds. The van der Waals surface area contributed by atoms with E-state index >= 15 is 0 Å². The number of pyridine rings is 1. The number of nitrogens with one attached hydrogen (secondary N) is 1. The van der Waals surface area contributed by atoms with Crippen LogP contribution >= 0.6 is 0 Å². The molecule has 0 saturated heterocycles. The Morgan fingerprint density at radius 2 is 1.79 bits per heavy atom. The molecule has 0 spiro atoms. The second-order valence-electron chi connectivity index (χ2n) is 6.40. The number of amides is 1. The molecule has 0 fully saturated rings. The molecule has 1 N–H and O–H groups in total. The van der Waals surface area contributed by atoms with E-state index in [0.717, 1.165) is 15.9 Å². The Labute approximate surface area is 162 Å². The minimum absolute atomic E-state index is 0.0395. The summed E-state index contributed by atoms with van der Waals surface area (Å²) >= 11 is 0. The Balaban J connectivity index is 1.73. The molecule has 28 heavy (non-hydrogen) atoms. The predicted octanol–water partition coefficient (Wildman–Crippen LogP) is 3.24. The molecule has 0 bridgehead atoms. The summed E-state index contributed by atoms with van der Waals surface area (Å²) < 4.78 is 1.05. The van der Waals surface area contributed by atoms with Crippen molar-refractivity contribution < 1.29 is 14.4 Å². The Morgan fingerprint density at radius 3 is 2.46 bits per heavy atom. The summed E-state index contributed by atoms with van der Waals surface area (Å²) in [6.07, 6.45) is 1.47. The van der Waals surface area contributed by atoms with Crippen molar-refractivity contribution in [3.05, 3.63) is 99.5 Å². The van der Waals surface area contributed by atoms with Crippen molar-refractivity contribution in [1.29, 1.82) is 0 Å². The highest BCUT2D eigenvalue weighted by molar-refractivity contribution is 6.04. The van der Waals surface area contributed by atoms with E-state index in [0.29, 0.717) is 11.3 Å². The average molecular weight is 376 g/mol. The van der Waals surface area contributed by atoms with Crippen LogP contribution in [0.25, 0.3) is 0 Å². The normalized spacial score (nSPS) is 10.4. The van der Waals surface area contributed by atoms with Gasteiger partial charge in [-0.25, -0.2) is 0 Å². The summed E-state index contributed by atoms with van der Waals surface area (Å²) in [5, 5.41) is 2.65. The number of anilines is 1. The van der Waals surface area contributed by atoms with Crippen LogP contribution in [-0.2, 0) is 6.61 Å². The van der Waals surface area contributed by atoms with Crippen molar-refractivity contribution in [2.75, 3.05) is 5.32 Å². The molecule has 1 heterocycles. The monoisotopic (exact) mass is 376 g/mol. The molecule has 0 aliphatic heterocycles. The van der Waals surface area contributed by atoms with Gasteiger partial charge < -0.3 is 10.2 Å². The summed E-state index contributed by atoms with van der Waals surface area (Å²) in [7, 11) is 0.